The number of piperazine rings is 1. The lowest BCUT2D eigenvalue weighted by Gasteiger charge is -2.35. The molecule has 0 N–H and O–H groups in total. The smallest absolute Gasteiger partial charge is 0.254 e. The molecule has 0 unspecified atom stereocenters. The molecule has 1 heterocycles. The molecule has 0 saturated carbocycles. The molecule has 136 valence electrons. The maximum atomic E-state index is 12.7. The fraction of sp³-hybridized carbons (Fsp3) is 0.263. The number of nitrogens with zero attached hydrogens (tertiary/aromatic N) is 2. The Morgan fingerprint density at radius 2 is 1.31 bits per heavy atom. The molecule has 1 aliphatic rings. The molecule has 0 spiro atoms. The van der Waals surface area contributed by atoms with Crippen LogP contribution in [0.4, 0.5) is 0 Å². The van der Waals surface area contributed by atoms with Crippen molar-refractivity contribution in [2.45, 2.75) is 0 Å². The molecule has 0 aliphatic carbocycles. The molecule has 0 radical (unpaired) electrons. The lowest BCUT2D eigenvalue weighted by molar-refractivity contribution is 0.0535. The number of rotatable bonds is 3. The second kappa shape index (κ2) is 7.98. The van der Waals surface area contributed by atoms with Crippen LogP contribution in [0.3, 0.4) is 0 Å². The highest BCUT2D eigenvalue weighted by molar-refractivity contribution is 6.37. The quantitative estimate of drug-likeness (QED) is 0.801. The number of benzene rings is 2. The van der Waals surface area contributed by atoms with Gasteiger partial charge in [-0.2, -0.15) is 0 Å². The zero-order chi connectivity index (χ0) is 18.7. The van der Waals surface area contributed by atoms with Gasteiger partial charge in [-0.1, -0.05) is 41.4 Å². The largest absolute Gasteiger partial charge is 0.494 e. The van der Waals surface area contributed by atoms with Gasteiger partial charge in [-0.05, 0) is 24.3 Å². The minimum absolute atomic E-state index is 0.0202. The molecule has 3 rings (SSSR count). The summed E-state index contributed by atoms with van der Waals surface area (Å²) in [5.41, 5.74) is 1.06. The molecule has 2 aromatic rings. The molecule has 0 bridgehead atoms. The number of carbonyl (C=O) groups excluding carboxylic acids is 2. The number of hydrogen-bond acceptors (Lipinski definition) is 3. The van der Waals surface area contributed by atoms with E-state index < -0.39 is 0 Å². The van der Waals surface area contributed by atoms with E-state index in [0.29, 0.717) is 53.1 Å². The van der Waals surface area contributed by atoms with E-state index in [0.717, 1.165) is 0 Å². The summed E-state index contributed by atoms with van der Waals surface area (Å²) in [5.74, 6) is 0.166. The van der Waals surface area contributed by atoms with Crippen LogP contribution in [0.2, 0.25) is 10.0 Å². The SMILES string of the molecule is COc1c(Cl)cc(C(=O)N2CCN(C(=O)c3ccccc3)CC2)cc1Cl. The van der Waals surface area contributed by atoms with Gasteiger partial charge in [-0.15, -0.1) is 0 Å². The third kappa shape index (κ3) is 3.79. The van der Waals surface area contributed by atoms with E-state index in [1.54, 1.807) is 34.1 Å². The summed E-state index contributed by atoms with van der Waals surface area (Å²) >= 11 is 12.2. The van der Waals surface area contributed by atoms with Crippen molar-refractivity contribution in [3.63, 3.8) is 0 Å². The minimum Gasteiger partial charge on any atom is -0.494 e. The topological polar surface area (TPSA) is 49.9 Å². The van der Waals surface area contributed by atoms with Crippen molar-refractivity contribution in [2.24, 2.45) is 0 Å². The summed E-state index contributed by atoms with van der Waals surface area (Å²) in [7, 11) is 1.47. The Morgan fingerprint density at radius 3 is 1.77 bits per heavy atom. The van der Waals surface area contributed by atoms with E-state index in [2.05, 4.69) is 0 Å². The number of ether oxygens (including phenoxy) is 1. The first-order valence-electron chi connectivity index (χ1n) is 8.18. The normalized spacial score (nSPS) is 14.3. The Kier molecular flexibility index (Phi) is 5.69. The standard InChI is InChI=1S/C19H18Cl2N2O3/c1-26-17-15(20)11-14(12-16(17)21)19(25)23-9-7-22(8-10-23)18(24)13-5-3-2-4-6-13/h2-6,11-12H,7-10H2,1H3. The number of amides is 2. The maximum absolute atomic E-state index is 12.7. The van der Waals surface area contributed by atoms with Gasteiger partial charge < -0.3 is 14.5 Å². The zero-order valence-electron chi connectivity index (χ0n) is 14.2. The molecule has 5 nitrogen and oxygen atoms in total. The number of carbonyl (C=O) groups is 2. The average Bonchev–Trinajstić information content (AvgIpc) is 2.67. The third-order valence-electron chi connectivity index (χ3n) is 4.32. The predicted molar refractivity (Wildman–Crippen MR) is 101 cm³/mol. The van der Waals surface area contributed by atoms with Crippen LogP contribution in [-0.2, 0) is 0 Å². The highest BCUT2D eigenvalue weighted by Gasteiger charge is 2.26. The third-order valence-corrected chi connectivity index (χ3v) is 4.89. The summed E-state index contributed by atoms with van der Waals surface area (Å²) in [5, 5.41) is 0.586. The summed E-state index contributed by atoms with van der Waals surface area (Å²) in [6.45, 7) is 1.88. The van der Waals surface area contributed by atoms with Crippen LogP contribution in [0.25, 0.3) is 0 Å². The van der Waals surface area contributed by atoms with Crippen molar-refractivity contribution in [2.75, 3.05) is 33.3 Å². The van der Waals surface area contributed by atoms with Crippen molar-refractivity contribution < 1.29 is 14.3 Å². The van der Waals surface area contributed by atoms with Gasteiger partial charge in [-0.3, -0.25) is 9.59 Å². The predicted octanol–water partition coefficient (Wildman–Crippen LogP) is 3.60. The Balaban J connectivity index is 1.66. The van der Waals surface area contributed by atoms with E-state index in [1.165, 1.54) is 7.11 Å². The summed E-state index contributed by atoms with van der Waals surface area (Å²) < 4.78 is 5.11. The van der Waals surface area contributed by atoms with Crippen LogP contribution in [0, 0.1) is 0 Å². The zero-order valence-corrected chi connectivity index (χ0v) is 15.8. The highest BCUT2D eigenvalue weighted by Crippen LogP contribution is 2.34. The van der Waals surface area contributed by atoms with Crippen LogP contribution < -0.4 is 4.74 Å². The van der Waals surface area contributed by atoms with E-state index in [-0.39, 0.29) is 11.8 Å². The Bertz CT molecular complexity index is 796. The molecule has 0 aromatic heterocycles. The molecule has 1 fully saturated rings. The number of hydrogen-bond donors (Lipinski definition) is 0. The first-order valence-corrected chi connectivity index (χ1v) is 8.93. The van der Waals surface area contributed by atoms with Crippen LogP contribution in [-0.4, -0.2) is 54.9 Å². The summed E-state index contributed by atoms with van der Waals surface area (Å²) in [6.07, 6.45) is 0. The first-order chi connectivity index (χ1) is 12.5. The second-order valence-corrected chi connectivity index (χ2v) is 6.74. The summed E-state index contributed by atoms with van der Waals surface area (Å²) in [4.78, 5) is 28.6. The van der Waals surface area contributed by atoms with Crippen molar-refractivity contribution in [3.05, 3.63) is 63.6 Å². The minimum atomic E-state index is -0.164. The van der Waals surface area contributed by atoms with Gasteiger partial charge in [0.15, 0.2) is 5.75 Å². The van der Waals surface area contributed by atoms with E-state index >= 15 is 0 Å². The fourth-order valence-electron chi connectivity index (χ4n) is 2.94. The molecular weight excluding hydrogens is 375 g/mol. The maximum Gasteiger partial charge on any atom is 0.254 e. The molecule has 1 aliphatic heterocycles. The van der Waals surface area contributed by atoms with Crippen molar-refractivity contribution >= 4 is 35.0 Å². The van der Waals surface area contributed by atoms with Gasteiger partial charge in [0, 0.05) is 37.3 Å². The van der Waals surface area contributed by atoms with Crippen LogP contribution >= 0.6 is 23.2 Å². The van der Waals surface area contributed by atoms with Crippen LogP contribution in [0.1, 0.15) is 20.7 Å². The summed E-state index contributed by atoms with van der Waals surface area (Å²) in [6, 6.07) is 12.2. The molecular formula is C19H18Cl2N2O3. The first kappa shape index (κ1) is 18.5. The Hall–Kier alpha value is -2.24. The van der Waals surface area contributed by atoms with Gasteiger partial charge >= 0.3 is 0 Å². The van der Waals surface area contributed by atoms with Gasteiger partial charge in [-0.25, -0.2) is 0 Å². The van der Waals surface area contributed by atoms with Gasteiger partial charge in [0.1, 0.15) is 0 Å². The van der Waals surface area contributed by atoms with Gasteiger partial charge in [0.25, 0.3) is 11.8 Å². The lowest BCUT2D eigenvalue weighted by Crippen LogP contribution is -2.50. The number of halogens is 2. The molecule has 2 amide bonds. The van der Waals surface area contributed by atoms with E-state index in [4.69, 9.17) is 27.9 Å². The van der Waals surface area contributed by atoms with Crippen LogP contribution in [0.15, 0.2) is 42.5 Å². The van der Waals surface area contributed by atoms with Crippen molar-refractivity contribution in [1.29, 1.82) is 0 Å². The highest BCUT2D eigenvalue weighted by atomic mass is 35.5. The Labute approximate surface area is 162 Å². The van der Waals surface area contributed by atoms with Crippen molar-refractivity contribution in [1.82, 2.24) is 9.80 Å². The second-order valence-electron chi connectivity index (χ2n) is 5.92. The monoisotopic (exact) mass is 392 g/mol. The Morgan fingerprint density at radius 1 is 0.846 bits per heavy atom. The molecule has 26 heavy (non-hydrogen) atoms. The lowest BCUT2D eigenvalue weighted by atomic mass is 10.1. The molecule has 0 atom stereocenters. The van der Waals surface area contributed by atoms with E-state index in [1.807, 2.05) is 18.2 Å². The number of methoxy groups -OCH3 is 1. The van der Waals surface area contributed by atoms with Crippen molar-refractivity contribution in [3.8, 4) is 5.75 Å². The average molecular weight is 393 g/mol. The molecule has 2 aromatic carbocycles. The molecule has 1 saturated heterocycles. The molecule has 7 heteroatoms. The fourth-order valence-corrected chi connectivity index (χ4v) is 3.58. The van der Waals surface area contributed by atoms with E-state index in [9.17, 15) is 9.59 Å². The van der Waals surface area contributed by atoms with Gasteiger partial charge in [0.2, 0.25) is 0 Å². The van der Waals surface area contributed by atoms with Gasteiger partial charge in [0.05, 0.1) is 17.2 Å². The van der Waals surface area contributed by atoms with Crippen LogP contribution in [0.5, 0.6) is 5.75 Å².